The summed E-state index contributed by atoms with van der Waals surface area (Å²) < 4.78 is 26.7. The van der Waals surface area contributed by atoms with Crippen LogP contribution in [0.1, 0.15) is 10.4 Å². The van der Waals surface area contributed by atoms with Crippen LogP contribution in [0.2, 0.25) is 0 Å². The van der Waals surface area contributed by atoms with Gasteiger partial charge in [-0.1, -0.05) is 18.2 Å². The van der Waals surface area contributed by atoms with Gasteiger partial charge in [0.1, 0.15) is 5.70 Å². The highest BCUT2D eigenvalue weighted by atomic mass is 16.6. The fourth-order valence-corrected chi connectivity index (χ4v) is 3.38. The van der Waals surface area contributed by atoms with Crippen LogP contribution < -0.4 is 14.4 Å². The number of para-hydroxylation sites is 2. The monoisotopic (exact) mass is 449 g/mol. The molecule has 0 unspecified atom stereocenters. The van der Waals surface area contributed by atoms with Gasteiger partial charge in [0, 0.05) is 6.20 Å². The van der Waals surface area contributed by atoms with Crippen molar-refractivity contribution in [3.05, 3.63) is 77.7 Å². The summed E-state index contributed by atoms with van der Waals surface area (Å²) in [7, 11) is 3.64. The molecule has 0 bridgehead atoms. The number of allylic oxidation sites excluding steroid dienone is 2. The van der Waals surface area contributed by atoms with E-state index in [0.717, 1.165) is 0 Å². The summed E-state index contributed by atoms with van der Waals surface area (Å²) in [5.74, 6) is -0.854. The van der Waals surface area contributed by atoms with Gasteiger partial charge in [0.05, 0.1) is 38.2 Å². The van der Waals surface area contributed by atoms with Crippen LogP contribution >= 0.6 is 0 Å². The van der Waals surface area contributed by atoms with Gasteiger partial charge >= 0.3 is 17.9 Å². The van der Waals surface area contributed by atoms with E-state index in [1.165, 1.54) is 50.6 Å². The van der Waals surface area contributed by atoms with Crippen molar-refractivity contribution in [1.29, 1.82) is 0 Å². The summed E-state index contributed by atoms with van der Waals surface area (Å²) >= 11 is 0. The third kappa shape index (κ3) is 3.91. The lowest BCUT2D eigenvalue weighted by Gasteiger charge is -2.29. The zero-order valence-electron chi connectivity index (χ0n) is 18.0. The molecule has 0 radical (unpaired) electrons. The van der Waals surface area contributed by atoms with E-state index in [-0.39, 0.29) is 34.0 Å². The van der Waals surface area contributed by atoms with Crippen molar-refractivity contribution < 1.29 is 38.1 Å². The average Bonchev–Trinajstić information content (AvgIpc) is 3.08. The number of esters is 3. The van der Waals surface area contributed by atoms with Crippen molar-refractivity contribution in [3.8, 4) is 23.0 Å². The Morgan fingerprint density at radius 2 is 1.45 bits per heavy atom. The van der Waals surface area contributed by atoms with E-state index in [0.29, 0.717) is 11.5 Å². The molecule has 33 heavy (non-hydrogen) atoms. The first-order chi connectivity index (χ1) is 16.0. The van der Waals surface area contributed by atoms with Gasteiger partial charge in [0.25, 0.3) is 0 Å². The molecule has 0 amide bonds. The SMILES string of the molecule is COC(=O)C1=C(C(=O)OC)N(c2cc(C(=O)OC)cc3c2Oc2ccccc2O3)C=CC=C1. The molecule has 0 aromatic heterocycles. The second kappa shape index (κ2) is 8.91. The molecule has 2 aliphatic heterocycles. The number of hydrogen-bond acceptors (Lipinski definition) is 9. The van der Waals surface area contributed by atoms with E-state index in [1.54, 1.807) is 36.4 Å². The van der Waals surface area contributed by atoms with Crippen molar-refractivity contribution in [2.45, 2.75) is 0 Å². The molecule has 0 fully saturated rings. The molecule has 0 N–H and O–H groups in total. The van der Waals surface area contributed by atoms with Crippen molar-refractivity contribution in [2.75, 3.05) is 26.2 Å². The third-order valence-electron chi connectivity index (χ3n) is 4.89. The molecule has 9 heteroatoms. The molecule has 2 heterocycles. The first-order valence-corrected chi connectivity index (χ1v) is 9.74. The van der Waals surface area contributed by atoms with Gasteiger partial charge in [-0.2, -0.15) is 0 Å². The van der Waals surface area contributed by atoms with Crippen LogP contribution in [-0.2, 0) is 23.8 Å². The number of nitrogens with zero attached hydrogens (tertiary/aromatic N) is 1. The zero-order valence-corrected chi connectivity index (χ0v) is 18.0. The highest BCUT2D eigenvalue weighted by Gasteiger charge is 2.33. The van der Waals surface area contributed by atoms with Crippen LogP contribution in [0.4, 0.5) is 5.69 Å². The van der Waals surface area contributed by atoms with Gasteiger partial charge in [-0.15, -0.1) is 0 Å². The smallest absolute Gasteiger partial charge is 0.355 e. The number of methoxy groups -OCH3 is 3. The van der Waals surface area contributed by atoms with Gasteiger partial charge in [-0.05, 0) is 36.4 Å². The zero-order chi connectivity index (χ0) is 23.5. The highest BCUT2D eigenvalue weighted by molar-refractivity contribution is 6.06. The molecule has 0 saturated heterocycles. The Labute approximate surface area is 189 Å². The number of rotatable bonds is 4. The first-order valence-electron chi connectivity index (χ1n) is 9.74. The second-order valence-corrected chi connectivity index (χ2v) is 6.78. The second-order valence-electron chi connectivity index (χ2n) is 6.78. The summed E-state index contributed by atoms with van der Waals surface area (Å²) in [6, 6.07) is 9.93. The van der Waals surface area contributed by atoms with Crippen molar-refractivity contribution >= 4 is 23.6 Å². The number of benzene rings is 2. The van der Waals surface area contributed by atoms with Gasteiger partial charge in [-0.3, -0.25) is 0 Å². The number of hydrogen-bond donors (Lipinski definition) is 0. The Kier molecular flexibility index (Phi) is 5.86. The minimum Gasteiger partial charge on any atom is -0.465 e. The Bertz CT molecular complexity index is 1240. The van der Waals surface area contributed by atoms with Gasteiger partial charge in [0.15, 0.2) is 23.0 Å². The van der Waals surface area contributed by atoms with E-state index in [9.17, 15) is 14.4 Å². The molecule has 2 aromatic rings. The fraction of sp³-hybridized carbons (Fsp3) is 0.125. The molecule has 2 aromatic carbocycles. The van der Waals surface area contributed by atoms with E-state index in [1.807, 2.05) is 0 Å². The number of carbonyl (C=O) groups is 3. The van der Waals surface area contributed by atoms with Crippen LogP contribution in [0.25, 0.3) is 0 Å². The maximum Gasteiger partial charge on any atom is 0.355 e. The number of anilines is 1. The molecule has 0 aliphatic carbocycles. The molecule has 4 rings (SSSR count). The van der Waals surface area contributed by atoms with Crippen molar-refractivity contribution in [2.24, 2.45) is 0 Å². The predicted molar refractivity (Wildman–Crippen MR) is 116 cm³/mol. The predicted octanol–water partition coefficient (Wildman–Crippen LogP) is 3.86. The molecule has 0 spiro atoms. The van der Waals surface area contributed by atoms with Crippen molar-refractivity contribution in [1.82, 2.24) is 0 Å². The Morgan fingerprint density at radius 3 is 2.12 bits per heavy atom. The molecule has 0 atom stereocenters. The standard InChI is InChI=1S/C24H19NO8/c1-29-22(26)14-12-16(21-19(13-14)32-17-9-4-5-10-18(17)33-21)25-11-7-6-8-15(23(27)30-2)20(25)24(28)31-3/h4-13H,1-3H3. The number of fused-ring (bicyclic) bond motifs is 2. The van der Waals surface area contributed by atoms with Crippen LogP contribution in [0, 0.1) is 0 Å². The maximum absolute atomic E-state index is 12.8. The van der Waals surface area contributed by atoms with Gasteiger partial charge < -0.3 is 28.6 Å². The van der Waals surface area contributed by atoms with Crippen LogP contribution in [-0.4, -0.2) is 39.2 Å². The van der Waals surface area contributed by atoms with Gasteiger partial charge in [0.2, 0.25) is 0 Å². The topological polar surface area (TPSA) is 101 Å². The minimum absolute atomic E-state index is 0.0521. The molecule has 9 nitrogen and oxygen atoms in total. The Hall–Kier alpha value is -4.53. The van der Waals surface area contributed by atoms with Gasteiger partial charge in [-0.25, -0.2) is 14.4 Å². The third-order valence-corrected chi connectivity index (χ3v) is 4.89. The van der Waals surface area contributed by atoms with E-state index in [4.69, 9.17) is 23.7 Å². The summed E-state index contributed by atoms with van der Waals surface area (Å²) in [4.78, 5) is 39.1. The van der Waals surface area contributed by atoms with E-state index >= 15 is 0 Å². The quantitative estimate of drug-likeness (QED) is 0.434. The molecule has 0 saturated carbocycles. The number of carbonyl (C=O) groups excluding carboxylic acids is 3. The summed E-state index contributed by atoms with van der Waals surface area (Å²) in [5.41, 5.74) is 0.192. The highest BCUT2D eigenvalue weighted by Crippen LogP contribution is 2.51. The minimum atomic E-state index is -0.805. The molecular formula is C24H19NO8. The lowest BCUT2D eigenvalue weighted by atomic mass is 10.1. The summed E-state index contributed by atoms with van der Waals surface area (Å²) in [5, 5.41) is 0. The van der Waals surface area contributed by atoms with Crippen molar-refractivity contribution in [3.63, 3.8) is 0 Å². The van der Waals surface area contributed by atoms with E-state index in [2.05, 4.69) is 0 Å². The maximum atomic E-state index is 12.8. The first kappa shape index (κ1) is 21.7. The Balaban J connectivity index is 1.97. The average molecular weight is 449 g/mol. The lowest BCUT2D eigenvalue weighted by Crippen LogP contribution is -2.27. The van der Waals surface area contributed by atoms with Crippen LogP contribution in [0.5, 0.6) is 23.0 Å². The molecule has 2 aliphatic rings. The lowest BCUT2D eigenvalue weighted by molar-refractivity contribution is -0.139. The van der Waals surface area contributed by atoms with Crippen LogP contribution in [0.3, 0.4) is 0 Å². The van der Waals surface area contributed by atoms with E-state index < -0.39 is 17.9 Å². The summed E-state index contributed by atoms with van der Waals surface area (Å²) in [6.45, 7) is 0. The largest absolute Gasteiger partial charge is 0.465 e. The number of ether oxygens (including phenoxy) is 5. The van der Waals surface area contributed by atoms with Crippen LogP contribution in [0.15, 0.2) is 72.1 Å². The Morgan fingerprint density at radius 1 is 0.788 bits per heavy atom. The fourth-order valence-electron chi connectivity index (χ4n) is 3.38. The molecular weight excluding hydrogens is 430 g/mol. The normalized spacial score (nSPS) is 13.7. The summed E-state index contributed by atoms with van der Waals surface area (Å²) in [6.07, 6.45) is 6.13. The molecule has 168 valence electrons.